The van der Waals surface area contributed by atoms with Crippen molar-refractivity contribution in [2.75, 3.05) is 31.5 Å². The average molecular weight is 293 g/mol. The number of amidine groups is 1. The molecular formula is C14H17ClN4O. The van der Waals surface area contributed by atoms with Crippen LogP contribution in [-0.4, -0.2) is 47.7 Å². The minimum atomic E-state index is -0.125. The van der Waals surface area contributed by atoms with Crippen molar-refractivity contribution in [2.45, 2.75) is 18.4 Å². The maximum absolute atomic E-state index is 6.18. The molecular weight excluding hydrogens is 276 g/mol. The first-order valence-corrected chi connectivity index (χ1v) is 7.46. The van der Waals surface area contributed by atoms with Crippen LogP contribution in [0.4, 0.5) is 5.82 Å². The number of fused-ring (bicyclic) bond motifs is 2. The molecule has 5 heterocycles. The summed E-state index contributed by atoms with van der Waals surface area (Å²) < 4.78 is 6.18. The lowest BCUT2D eigenvalue weighted by atomic mass is 9.75. The molecule has 106 valence electrons. The number of hydrogen-bond acceptors (Lipinski definition) is 5. The van der Waals surface area contributed by atoms with Gasteiger partial charge in [-0.1, -0.05) is 11.6 Å². The number of piperidine rings is 3. The molecule has 5 rings (SSSR count). The summed E-state index contributed by atoms with van der Waals surface area (Å²) in [6.07, 6.45) is 4.13. The van der Waals surface area contributed by atoms with E-state index < -0.39 is 0 Å². The Morgan fingerprint density at radius 1 is 1.40 bits per heavy atom. The van der Waals surface area contributed by atoms with Gasteiger partial charge in [-0.05, 0) is 38.1 Å². The molecule has 1 atom stereocenters. The molecule has 0 radical (unpaired) electrons. The Hall–Kier alpha value is -1.33. The number of halogens is 1. The zero-order valence-electron chi connectivity index (χ0n) is 11.2. The van der Waals surface area contributed by atoms with Crippen molar-refractivity contribution >= 4 is 23.4 Å². The highest BCUT2D eigenvalue weighted by Crippen LogP contribution is 2.40. The van der Waals surface area contributed by atoms with Crippen molar-refractivity contribution in [1.29, 1.82) is 0 Å². The number of nitrogens with zero attached hydrogens (tertiary/aromatic N) is 3. The van der Waals surface area contributed by atoms with E-state index in [1.807, 2.05) is 0 Å². The Labute approximate surface area is 123 Å². The Morgan fingerprint density at radius 3 is 2.95 bits per heavy atom. The van der Waals surface area contributed by atoms with Gasteiger partial charge in [0, 0.05) is 18.7 Å². The fourth-order valence-electron chi connectivity index (χ4n) is 3.53. The molecule has 1 aromatic heterocycles. The molecule has 0 saturated carbocycles. The topological polar surface area (TPSA) is 49.8 Å². The molecule has 0 aliphatic carbocycles. The van der Waals surface area contributed by atoms with Crippen molar-refractivity contribution in [2.24, 2.45) is 10.9 Å². The lowest BCUT2D eigenvalue weighted by Crippen LogP contribution is -2.61. The van der Waals surface area contributed by atoms with Gasteiger partial charge in [-0.25, -0.2) is 9.98 Å². The van der Waals surface area contributed by atoms with E-state index in [1.165, 1.54) is 25.9 Å². The molecule has 3 saturated heterocycles. The summed E-state index contributed by atoms with van der Waals surface area (Å²) in [6, 6.07) is 4.16. The number of hydrogen-bond donors (Lipinski definition) is 1. The summed E-state index contributed by atoms with van der Waals surface area (Å²) in [5, 5.41) is 3.68. The van der Waals surface area contributed by atoms with Gasteiger partial charge in [0.25, 0.3) is 6.02 Å². The van der Waals surface area contributed by atoms with E-state index in [0.29, 0.717) is 22.8 Å². The van der Waals surface area contributed by atoms with Crippen LogP contribution in [0.2, 0.25) is 5.02 Å². The maximum Gasteiger partial charge on any atom is 0.291 e. The largest absolute Gasteiger partial charge is 0.455 e. The van der Waals surface area contributed by atoms with E-state index in [4.69, 9.17) is 16.3 Å². The predicted molar refractivity (Wildman–Crippen MR) is 78.2 cm³/mol. The van der Waals surface area contributed by atoms with Crippen LogP contribution in [0, 0.1) is 5.92 Å². The van der Waals surface area contributed by atoms with Crippen LogP contribution in [0.3, 0.4) is 0 Å². The first-order valence-electron chi connectivity index (χ1n) is 7.09. The van der Waals surface area contributed by atoms with Crippen LogP contribution in [0.1, 0.15) is 12.8 Å². The number of anilines is 1. The highest BCUT2D eigenvalue weighted by atomic mass is 35.5. The van der Waals surface area contributed by atoms with E-state index in [2.05, 4.69) is 20.2 Å². The number of pyridine rings is 1. The number of nitrogens with one attached hydrogen (secondary N) is 1. The third-order valence-electron chi connectivity index (χ3n) is 4.60. The van der Waals surface area contributed by atoms with Gasteiger partial charge in [0.15, 0.2) is 5.82 Å². The van der Waals surface area contributed by atoms with Crippen LogP contribution in [0.25, 0.3) is 0 Å². The third-order valence-corrected chi connectivity index (χ3v) is 4.90. The second-order valence-corrected chi connectivity index (χ2v) is 6.20. The molecule has 2 bridgehead atoms. The van der Waals surface area contributed by atoms with Crippen molar-refractivity contribution in [3.63, 3.8) is 0 Å². The van der Waals surface area contributed by atoms with Crippen LogP contribution >= 0.6 is 11.6 Å². The molecule has 0 aromatic carbocycles. The highest BCUT2D eigenvalue weighted by Gasteiger charge is 2.51. The smallest absolute Gasteiger partial charge is 0.291 e. The van der Waals surface area contributed by atoms with Gasteiger partial charge in [0.05, 0.1) is 11.6 Å². The van der Waals surface area contributed by atoms with E-state index in [-0.39, 0.29) is 5.60 Å². The molecule has 4 aliphatic heterocycles. The lowest BCUT2D eigenvalue weighted by Gasteiger charge is -2.50. The van der Waals surface area contributed by atoms with Gasteiger partial charge >= 0.3 is 0 Å². The molecule has 1 aromatic rings. The molecule has 4 aliphatic rings. The molecule has 1 N–H and O–H groups in total. The predicted octanol–water partition coefficient (Wildman–Crippen LogP) is 2.00. The zero-order valence-corrected chi connectivity index (χ0v) is 11.9. The summed E-state index contributed by atoms with van der Waals surface area (Å²) in [6.45, 7) is 4.12. The molecule has 0 amide bonds. The summed E-state index contributed by atoms with van der Waals surface area (Å²) in [5.41, 5.74) is -0.125. The second-order valence-electron chi connectivity index (χ2n) is 5.80. The molecule has 1 unspecified atom stereocenters. The summed E-state index contributed by atoms with van der Waals surface area (Å²) >= 11 is 6.10. The molecule has 1 spiro atoms. The number of aromatic nitrogens is 1. The first kappa shape index (κ1) is 12.4. The Kier molecular flexibility index (Phi) is 2.86. The second kappa shape index (κ2) is 4.60. The van der Waals surface area contributed by atoms with Crippen LogP contribution < -0.4 is 5.32 Å². The Morgan fingerprint density at radius 2 is 2.25 bits per heavy atom. The zero-order chi connectivity index (χ0) is 13.6. The van der Waals surface area contributed by atoms with E-state index in [0.717, 1.165) is 13.1 Å². The highest BCUT2D eigenvalue weighted by molar-refractivity contribution is 6.33. The van der Waals surface area contributed by atoms with Gasteiger partial charge in [0.2, 0.25) is 0 Å². The molecule has 6 heteroatoms. The normalized spacial score (nSPS) is 35.0. The number of rotatable bonds is 1. The van der Waals surface area contributed by atoms with Crippen molar-refractivity contribution < 1.29 is 4.74 Å². The minimum Gasteiger partial charge on any atom is -0.455 e. The lowest BCUT2D eigenvalue weighted by molar-refractivity contribution is -0.0829. The third kappa shape index (κ3) is 1.96. The van der Waals surface area contributed by atoms with Crippen molar-refractivity contribution in [3.05, 3.63) is 23.4 Å². The van der Waals surface area contributed by atoms with Crippen molar-refractivity contribution in [1.82, 2.24) is 9.88 Å². The van der Waals surface area contributed by atoms with Gasteiger partial charge in [-0.15, -0.1) is 0 Å². The van der Waals surface area contributed by atoms with Crippen molar-refractivity contribution in [3.8, 4) is 0 Å². The fourth-order valence-corrected chi connectivity index (χ4v) is 3.69. The quantitative estimate of drug-likeness (QED) is 0.860. The average Bonchev–Trinajstić information content (AvgIpc) is 2.85. The molecule has 3 fully saturated rings. The van der Waals surface area contributed by atoms with Crippen LogP contribution in [-0.2, 0) is 4.74 Å². The standard InChI is InChI=1S/C14H17ClN4O/c15-11-2-1-5-16-12(11)18-13-17-8-14(20-13)9-19-6-3-10(14)4-7-19/h1-2,5,10H,3-4,6-9H2,(H,16,17,18). The summed E-state index contributed by atoms with van der Waals surface area (Å²) in [4.78, 5) is 11.2. The van der Waals surface area contributed by atoms with E-state index in [1.54, 1.807) is 18.3 Å². The SMILES string of the molecule is Clc1cccnc1NC1=NCC2(CN3CCC2CC3)O1. The summed E-state index contributed by atoms with van der Waals surface area (Å²) in [5.74, 6) is 1.22. The van der Waals surface area contributed by atoms with Gasteiger partial charge in [-0.2, -0.15) is 0 Å². The van der Waals surface area contributed by atoms with Gasteiger partial charge in [0.1, 0.15) is 5.60 Å². The first-order chi connectivity index (χ1) is 9.75. The molecule has 20 heavy (non-hydrogen) atoms. The maximum atomic E-state index is 6.18. The molecule has 5 nitrogen and oxygen atoms in total. The minimum absolute atomic E-state index is 0.125. The van der Waals surface area contributed by atoms with Gasteiger partial charge < -0.3 is 4.74 Å². The Bertz CT molecular complexity index is 556. The monoisotopic (exact) mass is 292 g/mol. The Balaban J connectivity index is 1.49. The number of aliphatic imine (C=N–C) groups is 1. The number of ether oxygens (including phenoxy) is 1. The summed E-state index contributed by atoms with van der Waals surface area (Å²) in [7, 11) is 0. The fraction of sp³-hybridized carbons (Fsp3) is 0.571. The van der Waals surface area contributed by atoms with E-state index in [9.17, 15) is 0 Å². The van der Waals surface area contributed by atoms with E-state index >= 15 is 0 Å². The van der Waals surface area contributed by atoms with Gasteiger partial charge in [-0.3, -0.25) is 10.2 Å². The van der Waals surface area contributed by atoms with Crippen LogP contribution in [0.5, 0.6) is 0 Å². The van der Waals surface area contributed by atoms with Crippen LogP contribution in [0.15, 0.2) is 23.3 Å².